The van der Waals surface area contributed by atoms with Gasteiger partial charge in [-0.3, -0.25) is 4.79 Å². The van der Waals surface area contributed by atoms with Crippen LogP contribution in [0, 0.1) is 6.92 Å². The molecule has 0 radical (unpaired) electrons. The van der Waals surface area contributed by atoms with Crippen LogP contribution in [0.4, 0.5) is 0 Å². The van der Waals surface area contributed by atoms with Gasteiger partial charge in [-0.1, -0.05) is 19.1 Å². The molecule has 4 nitrogen and oxygen atoms in total. The number of aliphatic carboxylic acids is 1. The minimum Gasteiger partial charge on any atom is -0.478 e. The third kappa shape index (κ3) is 4.25. The largest absolute Gasteiger partial charge is 0.478 e. The van der Waals surface area contributed by atoms with E-state index in [-0.39, 0.29) is 5.91 Å². The number of hydrogen-bond donors (Lipinski definition) is 1. The summed E-state index contributed by atoms with van der Waals surface area (Å²) in [7, 11) is 1.77. The molecule has 0 saturated carbocycles. The average molecular weight is 261 g/mol. The number of amides is 1. The first-order chi connectivity index (χ1) is 8.95. The van der Waals surface area contributed by atoms with Crippen molar-refractivity contribution in [2.75, 3.05) is 13.6 Å². The number of carboxylic acids is 1. The van der Waals surface area contributed by atoms with E-state index in [4.69, 9.17) is 5.11 Å². The number of rotatable bonds is 5. The summed E-state index contributed by atoms with van der Waals surface area (Å²) in [4.78, 5) is 24.4. The highest BCUT2D eigenvalue weighted by Gasteiger charge is 2.13. The maximum Gasteiger partial charge on any atom is 0.328 e. The summed E-state index contributed by atoms with van der Waals surface area (Å²) in [6.45, 7) is 4.59. The van der Waals surface area contributed by atoms with E-state index >= 15 is 0 Å². The molecule has 1 rings (SSSR count). The smallest absolute Gasteiger partial charge is 0.328 e. The molecule has 0 fully saturated rings. The van der Waals surface area contributed by atoms with Gasteiger partial charge in [-0.2, -0.15) is 0 Å². The Bertz CT molecular complexity index is 506. The summed E-state index contributed by atoms with van der Waals surface area (Å²) < 4.78 is 0. The van der Waals surface area contributed by atoms with Crippen LogP contribution in [-0.4, -0.2) is 35.5 Å². The monoisotopic (exact) mass is 261 g/mol. The Labute approximate surface area is 113 Å². The zero-order chi connectivity index (χ0) is 14.4. The van der Waals surface area contributed by atoms with Gasteiger partial charge < -0.3 is 10.0 Å². The van der Waals surface area contributed by atoms with E-state index in [9.17, 15) is 9.59 Å². The van der Waals surface area contributed by atoms with Crippen molar-refractivity contribution in [2.24, 2.45) is 0 Å². The molecule has 0 heterocycles. The number of carboxylic acid groups (broad SMARTS) is 1. The third-order valence-corrected chi connectivity index (χ3v) is 2.82. The molecule has 0 atom stereocenters. The van der Waals surface area contributed by atoms with Crippen molar-refractivity contribution in [3.05, 3.63) is 41.0 Å². The Morgan fingerprint density at radius 1 is 1.37 bits per heavy atom. The molecule has 1 aromatic rings. The minimum atomic E-state index is -1.00. The lowest BCUT2D eigenvalue weighted by Gasteiger charge is -2.17. The second-order valence-corrected chi connectivity index (χ2v) is 4.47. The first-order valence-electron chi connectivity index (χ1n) is 6.22. The second-order valence-electron chi connectivity index (χ2n) is 4.47. The van der Waals surface area contributed by atoms with Gasteiger partial charge in [-0.15, -0.1) is 0 Å². The fourth-order valence-electron chi connectivity index (χ4n) is 1.78. The predicted octanol–water partition coefficient (Wildman–Crippen LogP) is 2.57. The van der Waals surface area contributed by atoms with Gasteiger partial charge in [-0.05, 0) is 36.6 Å². The molecular formula is C15H19NO3. The predicted molar refractivity (Wildman–Crippen MR) is 75.1 cm³/mol. The maximum atomic E-state index is 12.2. The average Bonchev–Trinajstić information content (AvgIpc) is 2.37. The number of nitrogens with zero attached hydrogens (tertiary/aromatic N) is 1. The van der Waals surface area contributed by atoms with Gasteiger partial charge in [0.05, 0.1) is 0 Å². The summed E-state index contributed by atoms with van der Waals surface area (Å²) in [5.74, 6) is -1.04. The highest BCUT2D eigenvalue weighted by atomic mass is 16.4. The summed E-state index contributed by atoms with van der Waals surface area (Å²) in [6.07, 6.45) is 3.45. The maximum absolute atomic E-state index is 12.2. The Balaban J connectivity index is 3.03. The van der Waals surface area contributed by atoms with Crippen LogP contribution in [0.1, 0.15) is 34.8 Å². The van der Waals surface area contributed by atoms with Crippen LogP contribution in [0.25, 0.3) is 6.08 Å². The van der Waals surface area contributed by atoms with Crippen LogP contribution >= 0.6 is 0 Å². The number of carbonyl (C=O) groups is 2. The highest BCUT2D eigenvalue weighted by molar-refractivity contribution is 5.96. The molecule has 102 valence electrons. The van der Waals surface area contributed by atoms with Gasteiger partial charge in [0.25, 0.3) is 5.91 Å². The minimum absolute atomic E-state index is 0.0371. The van der Waals surface area contributed by atoms with Crippen LogP contribution in [0.2, 0.25) is 0 Å². The molecule has 0 aliphatic carbocycles. The number of carbonyl (C=O) groups excluding carboxylic acids is 1. The second kappa shape index (κ2) is 6.73. The van der Waals surface area contributed by atoms with Gasteiger partial charge in [0, 0.05) is 25.2 Å². The number of hydrogen-bond acceptors (Lipinski definition) is 2. The molecule has 0 unspecified atom stereocenters. The fourth-order valence-corrected chi connectivity index (χ4v) is 1.78. The zero-order valence-corrected chi connectivity index (χ0v) is 11.5. The van der Waals surface area contributed by atoms with E-state index < -0.39 is 5.97 Å². The van der Waals surface area contributed by atoms with E-state index in [0.717, 1.165) is 18.1 Å². The molecule has 4 heteroatoms. The van der Waals surface area contributed by atoms with Gasteiger partial charge in [0.1, 0.15) is 0 Å². The normalized spacial score (nSPS) is 10.7. The summed E-state index contributed by atoms with van der Waals surface area (Å²) in [5, 5.41) is 8.60. The van der Waals surface area contributed by atoms with Crippen LogP contribution in [0.15, 0.2) is 24.3 Å². The quantitative estimate of drug-likeness (QED) is 0.829. The Kier molecular flexibility index (Phi) is 5.30. The number of aryl methyl sites for hydroxylation is 1. The first kappa shape index (κ1) is 15.0. The van der Waals surface area contributed by atoms with E-state index in [2.05, 4.69) is 0 Å². The van der Waals surface area contributed by atoms with E-state index in [1.165, 1.54) is 6.08 Å². The fraction of sp³-hybridized carbons (Fsp3) is 0.333. The molecule has 0 saturated heterocycles. The summed E-state index contributed by atoms with van der Waals surface area (Å²) >= 11 is 0. The molecule has 0 spiro atoms. The van der Waals surface area contributed by atoms with Gasteiger partial charge in [0.15, 0.2) is 0 Å². The summed E-state index contributed by atoms with van der Waals surface area (Å²) in [6, 6.07) is 5.35. The molecule has 0 aliphatic heterocycles. The third-order valence-electron chi connectivity index (χ3n) is 2.82. The molecule has 1 N–H and O–H groups in total. The van der Waals surface area contributed by atoms with Crippen LogP contribution in [0.5, 0.6) is 0 Å². The van der Waals surface area contributed by atoms with Crippen molar-refractivity contribution in [3.63, 3.8) is 0 Å². The highest BCUT2D eigenvalue weighted by Crippen LogP contribution is 2.14. The Hall–Kier alpha value is -2.10. The van der Waals surface area contributed by atoms with Crippen LogP contribution in [0.3, 0.4) is 0 Å². The SMILES string of the molecule is CCCN(C)C(=O)c1cc(C=CC(=O)O)ccc1C. The lowest BCUT2D eigenvalue weighted by atomic mass is 10.0. The van der Waals surface area contributed by atoms with Crippen molar-refractivity contribution in [1.29, 1.82) is 0 Å². The van der Waals surface area contributed by atoms with Crippen LogP contribution < -0.4 is 0 Å². The van der Waals surface area contributed by atoms with Crippen molar-refractivity contribution < 1.29 is 14.7 Å². The Morgan fingerprint density at radius 2 is 2.05 bits per heavy atom. The van der Waals surface area contributed by atoms with Crippen molar-refractivity contribution in [1.82, 2.24) is 4.90 Å². The molecule has 0 aromatic heterocycles. The van der Waals surface area contributed by atoms with Crippen molar-refractivity contribution in [2.45, 2.75) is 20.3 Å². The lowest BCUT2D eigenvalue weighted by molar-refractivity contribution is -0.131. The standard InChI is InChI=1S/C15H19NO3/c1-4-9-16(3)15(19)13-10-12(6-5-11(13)2)7-8-14(17)18/h5-8,10H,4,9H2,1-3H3,(H,17,18). The lowest BCUT2D eigenvalue weighted by Crippen LogP contribution is -2.28. The van der Waals surface area contributed by atoms with Crippen LogP contribution in [-0.2, 0) is 4.79 Å². The zero-order valence-electron chi connectivity index (χ0n) is 11.5. The molecule has 0 aliphatic rings. The van der Waals surface area contributed by atoms with E-state index in [0.29, 0.717) is 17.7 Å². The number of benzene rings is 1. The van der Waals surface area contributed by atoms with Crippen molar-refractivity contribution >= 4 is 18.0 Å². The topological polar surface area (TPSA) is 57.6 Å². The molecule has 1 amide bonds. The van der Waals surface area contributed by atoms with E-state index in [1.54, 1.807) is 24.1 Å². The van der Waals surface area contributed by atoms with E-state index in [1.807, 2.05) is 19.9 Å². The molecule has 1 aromatic carbocycles. The molecule has 0 bridgehead atoms. The van der Waals surface area contributed by atoms with Gasteiger partial charge in [-0.25, -0.2) is 4.79 Å². The first-order valence-corrected chi connectivity index (χ1v) is 6.22. The van der Waals surface area contributed by atoms with Gasteiger partial charge >= 0.3 is 5.97 Å². The van der Waals surface area contributed by atoms with Crippen molar-refractivity contribution in [3.8, 4) is 0 Å². The Morgan fingerprint density at radius 3 is 2.63 bits per heavy atom. The molecule has 19 heavy (non-hydrogen) atoms. The van der Waals surface area contributed by atoms with Gasteiger partial charge in [0.2, 0.25) is 0 Å². The summed E-state index contributed by atoms with van der Waals surface area (Å²) in [5.41, 5.74) is 2.21. The molecular weight excluding hydrogens is 242 g/mol.